The summed E-state index contributed by atoms with van der Waals surface area (Å²) in [4.78, 5) is 13.9. The first-order chi connectivity index (χ1) is 12.8. The molecule has 1 saturated heterocycles. The Morgan fingerprint density at radius 2 is 2.08 bits per heavy atom. The van der Waals surface area contributed by atoms with Crippen molar-refractivity contribution in [3.63, 3.8) is 0 Å². The molecule has 134 valence electrons. The Bertz CT molecular complexity index is 887. The van der Waals surface area contributed by atoms with Crippen LogP contribution in [-0.2, 0) is 0 Å². The molecule has 0 bridgehead atoms. The van der Waals surface area contributed by atoms with E-state index in [1.165, 1.54) is 0 Å². The van der Waals surface area contributed by atoms with Crippen molar-refractivity contribution in [1.29, 1.82) is 0 Å². The molecule has 1 N–H and O–H groups in total. The lowest BCUT2D eigenvalue weighted by atomic mass is 10.1. The normalized spacial score (nSPS) is 17.3. The van der Waals surface area contributed by atoms with Crippen LogP contribution in [0.4, 0.5) is 5.95 Å². The van der Waals surface area contributed by atoms with Gasteiger partial charge in [0.1, 0.15) is 5.69 Å². The SMILES string of the molecule is CNC(=O)c1ccn(C2CCCN(c3nnnn3-c3ccccc3)C2)n1. The standard InChI is InChI=1S/C17H20N8O/c1-18-16(26)15-9-11-24(20-15)14-8-5-10-23(12-14)17-19-21-22-25(17)13-6-3-2-4-7-13/h2-4,6-7,9,11,14H,5,8,10,12H2,1H3,(H,18,26). The fourth-order valence-electron chi connectivity index (χ4n) is 3.26. The lowest BCUT2D eigenvalue weighted by Crippen LogP contribution is -2.38. The fraction of sp³-hybridized carbons (Fsp3) is 0.353. The Kier molecular flexibility index (Phi) is 4.34. The highest BCUT2D eigenvalue weighted by Crippen LogP contribution is 2.25. The zero-order valence-electron chi connectivity index (χ0n) is 14.5. The molecule has 0 spiro atoms. The zero-order chi connectivity index (χ0) is 17.9. The van der Waals surface area contributed by atoms with Gasteiger partial charge in [-0.2, -0.15) is 9.78 Å². The van der Waals surface area contributed by atoms with E-state index in [0.29, 0.717) is 5.69 Å². The first kappa shape index (κ1) is 16.2. The predicted molar refractivity (Wildman–Crippen MR) is 95.3 cm³/mol. The Labute approximate surface area is 150 Å². The van der Waals surface area contributed by atoms with Gasteiger partial charge < -0.3 is 10.2 Å². The van der Waals surface area contributed by atoms with Gasteiger partial charge in [-0.3, -0.25) is 9.48 Å². The lowest BCUT2D eigenvalue weighted by Gasteiger charge is -2.32. The third-order valence-corrected chi connectivity index (χ3v) is 4.58. The largest absolute Gasteiger partial charge is 0.354 e. The summed E-state index contributed by atoms with van der Waals surface area (Å²) in [5.41, 5.74) is 1.36. The summed E-state index contributed by atoms with van der Waals surface area (Å²) < 4.78 is 3.62. The van der Waals surface area contributed by atoms with E-state index in [2.05, 4.69) is 30.8 Å². The molecule has 9 nitrogen and oxygen atoms in total. The minimum absolute atomic E-state index is 0.170. The number of amides is 1. The maximum Gasteiger partial charge on any atom is 0.271 e. The third-order valence-electron chi connectivity index (χ3n) is 4.58. The van der Waals surface area contributed by atoms with Crippen LogP contribution in [0.1, 0.15) is 29.4 Å². The van der Waals surface area contributed by atoms with Gasteiger partial charge in [0.2, 0.25) is 5.95 Å². The molecule has 1 amide bonds. The number of carbonyl (C=O) groups excluding carboxylic acids is 1. The number of tetrazole rings is 1. The number of anilines is 1. The van der Waals surface area contributed by atoms with Crippen LogP contribution in [0.5, 0.6) is 0 Å². The summed E-state index contributed by atoms with van der Waals surface area (Å²) in [7, 11) is 1.60. The van der Waals surface area contributed by atoms with Crippen LogP contribution < -0.4 is 10.2 Å². The monoisotopic (exact) mass is 352 g/mol. The highest BCUT2D eigenvalue weighted by molar-refractivity contribution is 5.91. The molecule has 3 heterocycles. The molecule has 26 heavy (non-hydrogen) atoms. The Balaban J connectivity index is 1.56. The minimum Gasteiger partial charge on any atom is -0.354 e. The number of piperidine rings is 1. The van der Waals surface area contributed by atoms with Gasteiger partial charge in [0.25, 0.3) is 5.91 Å². The second kappa shape index (κ2) is 6.95. The van der Waals surface area contributed by atoms with Crippen molar-refractivity contribution >= 4 is 11.9 Å². The molecule has 0 aliphatic carbocycles. The van der Waals surface area contributed by atoms with Gasteiger partial charge in [-0.05, 0) is 41.5 Å². The minimum atomic E-state index is -0.176. The van der Waals surface area contributed by atoms with Gasteiger partial charge >= 0.3 is 0 Å². The number of nitrogens with one attached hydrogen (secondary N) is 1. The van der Waals surface area contributed by atoms with Crippen molar-refractivity contribution in [3.8, 4) is 5.69 Å². The number of rotatable bonds is 4. The molecule has 2 aromatic heterocycles. The van der Waals surface area contributed by atoms with E-state index in [4.69, 9.17) is 0 Å². The average molecular weight is 352 g/mol. The van der Waals surface area contributed by atoms with Gasteiger partial charge in [-0.25, -0.2) is 0 Å². The van der Waals surface area contributed by atoms with E-state index >= 15 is 0 Å². The third kappa shape index (κ3) is 3.03. The molecule has 1 aliphatic rings. The van der Waals surface area contributed by atoms with Crippen LogP contribution >= 0.6 is 0 Å². The Morgan fingerprint density at radius 3 is 2.88 bits per heavy atom. The molecule has 1 aliphatic heterocycles. The quantitative estimate of drug-likeness (QED) is 0.755. The second-order valence-electron chi connectivity index (χ2n) is 6.23. The van der Waals surface area contributed by atoms with E-state index in [-0.39, 0.29) is 11.9 Å². The van der Waals surface area contributed by atoms with E-state index in [1.807, 2.05) is 41.2 Å². The topological polar surface area (TPSA) is 93.8 Å². The molecular formula is C17H20N8O. The van der Waals surface area contributed by atoms with E-state index in [0.717, 1.165) is 37.6 Å². The van der Waals surface area contributed by atoms with Crippen molar-refractivity contribution in [2.24, 2.45) is 0 Å². The van der Waals surface area contributed by atoms with Crippen molar-refractivity contribution < 1.29 is 4.79 Å². The van der Waals surface area contributed by atoms with Crippen molar-refractivity contribution in [1.82, 2.24) is 35.3 Å². The molecule has 9 heteroatoms. The number of nitrogens with zero attached hydrogens (tertiary/aromatic N) is 7. The first-order valence-electron chi connectivity index (χ1n) is 8.62. The number of para-hydroxylation sites is 1. The predicted octanol–water partition coefficient (Wildman–Crippen LogP) is 1.06. The second-order valence-corrected chi connectivity index (χ2v) is 6.23. The van der Waals surface area contributed by atoms with Crippen LogP contribution in [0.3, 0.4) is 0 Å². The molecule has 1 atom stereocenters. The molecule has 4 rings (SSSR count). The summed E-state index contributed by atoms with van der Waals surface area (Å²) in [6.07, 6.45) is 3.86. The average Bonchev–Trinajstić information content (AvgIpc) is 3.38. The van der Waals surface area contributed by atoms with Crippen molar-refractivity contribution in [2.75, 3.05) is 25.0 Å². The number of aromatic nitrogens is 6. The van der Waals surface area contributed by atoms with E-state index in [9.17, 15) is 4.79 Å². The Morgan fingerprint density at radius 1 is 1.23 bits per heavy atom. The summed E-state index contributed by atoms with van der Waals surface area (Å²) in [5.74, 6) is 0.545. The summed E-state index contributed by atoms with van der Waals surface area (Å²) in [6.45, 7) is 1.62. The van der Waals surface area contributed by atoms with E-state index in [1.54, 1.807) is 17.8 Å². The highest BCUT2D eigenvalue weighted by atomic mass is 16.1. The smallest absolute Gasteiger partial charge is 0.271 e. The molecule has 1 aromatic carbocycles. The summed E-state index contributed by atoms with van der Waals surface area (Å²) in [5, 5.41) is 19.2. The first-order valence-corrected chi connectivity index (χ1v) is 8.62. The Hall–Kier alpha value is -3.23. The van der Waals surface area contributed by atoms with Gasteiger partial charge in [-0.15, -0.1) is 0 Å². The van der Waals surface area contributed by atoms with Gasteiger partial charge in [0.05, 0.1) is 11.7 Å². The number of carbonyl (C=O) groups is 1. The van der Waals surface area contributed by atoms with Crippen LogP contribution in [0, 0.1) is 0 Å². The maximum atomic E-state index is 11.7. The molecule has 3 aromatic rings. The van der Waals surface area contributed by atoms with Crippen LogP contribution in [0.25, 0.3) is 5.69 Å². The molecule has 1 unspecified atom stereocenters. The summed E-state index contributed by atoms with van der Waals surface area (Å²) >= 11 is 0. The van der Waals surface area contributed by atoms with Gasteiger partial charge in [0, 0.05) is 26.3 Å². The molecule has 1 fully saturated rings. The lowest BCUT2D eigenvalue weighted by molar-refractivity contribution is 0.0957. The molecule has 0 saturated carbocycles. The van der Waals surface area contributed by atoms with Gasteiger partial charge in [0.15, 0.2) is 0 Å². The van der Waals surface area contributed by atoms with Crippen molar-refractivity contribution in [2.45, 2.75) is 18.9 Å². The number of hydrogen-bond donors (Lipinski definition) is 1. The van der Waals surface area contributed by atoms with Crippen LogP contribution in [0.2, 0.25) is 0 Å². The van der Waals surface area contributed by atoms with Gasteiger partial charge in [-0.1, -0.05) is 23.3 Å². The number of hydrogen-bond acceptors (Lipinski definition) is 6. The maximum absolute atomic E-state index is 11.7. The van der Waals surface area contributed by atoms with E-state index < -0.39 is 0 Å². The molecule has 0 radical (unpaired) electrons. The molecular weight excluding hydrogens is 332 g/mol. The number of benzene rings is 1. The van der Waals surface area contributed by atoms with Crippen LogP contribution in [0.15, 0.2) is 42.6 Å². The summed E-state index contributed by atoms with van der Waals surface area (Å²) in [6, 6.07) is 11.8. The van der Waals surface area contributed by atoms with Crippen LogP contribution in [-0.4, -0.2) is 56.0 Å². The van der Waals surface area contributed by atoms with Crippen molar-refractivity contribution in [3.05, 3.63) is 48.3 Å². The fourth-order valence-corrected chi connectivity index (χ4v) is 3.26. The highest BCUT2D eigenvalue weighted by Gasteiger charge is 2.26. The zero-order valence-corrected chi connectivity index (χ0v) is 14.5.